The van der Waals surface area contributed by atoms with Gasteiger partial charge in [-0.05, 0) is 37.8 Å². The van der Waals surface area contributed by atoms with Crippen molar-refractivity contribution < 1.29 is 9.59 Å². The van der Waals surface area contributed by atoms with Crippen LogP contribution in [-0.4, -0.2) is 30.6 Å². The summed E-state index contributed by atoms with van der Waals surface area (Å²) in [5, 5.41) is 10.9. The van der Waals surface area contributed by atoms with E-state index in [9.17, 15) is 9.59 Å². The van der Waals surface area contributed by atoms with Crippen LogP contribution in [0.15, 0.2) is 17.5 Å². The molecule has 0 radical (unpaired) electrons. The maximum absolute atomic E-state index is 12.2. The second kappa shape index (κ2) is 8.97. The monoisotopic (exact) mass is 346 g/mol. The average Bonchev–Trinajstić information content (AvgIpc) is 2.94. The van der Waals surface area contributed by atoms with Crippen LogP contribution in [0.5, 0.6) is 0 Å². The molecule has 124 valence electrons. The molecule has 2 heterocycles. The zero-order valence-corrected chi connectivity index (χ0v) is 14.1. The summed E-state index contributed by atoms with van der Waals surface area (Å²) < 4.78 is 0. The van der Waals surface area contributed by atoms with E-state index in [0.717, 1.165) is 24.3 Å². The molecule has 6 nitrogen and oxygen atoms in total. The molecule has 3 unspecified atom stereocenters. The Kier molecular flexibility index (Phi) is 7.64. The van der Waals surface area contributed by atoms with Crippen LogP contribution in [0.2, 0.25) is 0 Å². The number of hydrogen-bond acceptors (Lipinski definition) is 4. The van der Waals surface area contributed by atoms with Crippen LogP contribution in [0.25, 0.3) is 0 Å². The van der Waals surface area contributed by atoms with Crippen molar-refractivity contribution in [3.8, 4) is 0 Å². The standard InChI is InChI=1S/C14H22N4O2S.ClH/c1-9-10(4-2-6-16-9)17-13(19)8-11(18-14(15)20)12-5-3-7-21-12;/h3,5,7,9-11,16H,2,4,6,8H2,1H3,(H,17,19)(H3,15,18,20);1H. The summed E-state index contributed by atoms with van der Waals surface area (Å²) in [7, 11) is 0. The highest BCUT2D eigenvalue weighted by molar-refractivity contribution is 7.10. The van der Waals surface area contributed by atoms with Gasteiger partial charge in [-0.15, -0.1) is 23.7 Å². The Labute approximate surface area is 140 Å². The number of primary amides is 1. The minimum absolute atomic E-state index is 0. The van der Waals surface area contributed by atoms with Crippen LogP contribution in [0.3, 0.4) is 0 Å². The fourth-order valence-corrected chi connectivity index (χ4v) is 3.35. The molecule has 1 aliphatic rings. The number of carbonyl (C=O) groups is 2. The smallest absolute Gasteiger partial charge is 0.312 e. The molecule has 1 fully saturated rings. The molecule has 1 aromatic rings. The van der Waals surface area contributed by atoms with Crippen molar-refractivity contribution in [1.82, 2.24) is 16.0 Å². The summed E-state index contributed by atoms with van der Waals surface area (Å²) in [4.78, 5) is 24.2. The second-order valence-corrected chi connectivity index (χ2v) is 6.32. The predicted molar refractivity (Wildman–Crippen MR) is 90.3 cm³/mol. The van der Waals surface area contributed by atoms with Gasteiger partial charge >= 0.3 is 6.03 Å². The molecule has 3 atom stereocenters. The molecule has 2 rings (SSSR count). The number of rotatable bonds is 5. The zero-order valence-electron chi connectivity index (χ0n) is 12.5. The first-order valence-corrected chi connectivity index (χ1v) is 8.06. The lowest BCUT2D eigenvalue weighted by atomic mass is 9.99. The molecule has 5 N–H and O–H groups in total. The van der Waals surface area contributed by atoms with Crippen LogP contribution >= 0.6 is 23.7 Å². The van der Waals surface area contributed by atoms with Crippen molar-refractivity contribution in [1.29, 1.82) is 0 Å². The molecule has 22 heavy (non-hydrogen) atoms. The van der Waals surface area contributed by atoms with Gasteiger partial charge in [0, 0.05) is 17.0 Å². The lowest BCUT2D eigenvalue weighted by molar-refractivity contribution is -0.122. The first-order valence-electron chi connectivity index (χ1n) is 7.18. The third kappa shape index (κ3) is 5.47. The van der Waals surface area contributed by atoms with Gasteiger partial charge in [0.05, 0.1) is 12.5 Å². The molecule has 3 amide bonds. The first-order chi connectivity index (χ1) is 10.1. The Hall–Kier alpha value is -1.31. The molecule has 0 saturated carbocycles. The fourth-order valence-electron chi connectivity index (χ4n) is 2.58. The summed E-state index contributed by atoms with van der Waals surface area (Å²) in [5.41, 5.74) is 5.19. The largest absolute Gasteiger partial charge is 0.352 e. The molecule has 1 aromatic heterocycles. The third-order valence-electron chi connectivity index (χ3n) is 3.70. The highest BCUT2D eigenvalue weighted by atomic mass is 35.5. The van der Waals surface area contributed by atoms with Crippen LogP contribution in [-0.2, 0) is 4.79 Å². The molecular weight excluding hydrogens is 324 g/mol. The Bertz CT molecular complexity index is 483. The third-order valence-corrected chi connectivity index (χ3v) is 4.69. The Morgan fingerprint density at radius 2 is 2.32 bits per heavy atom. The van der Waals surface area contributed by atoms with Crippen LogP contribution < -0.4 is 21.7 Å². The first kappa shape index (κ1) is 18.7. The van der Waals surface area contributed by atoms with E-state index in [2.05, 4.69) is 22.9 Å². The summed E-state index contributed by atoms with van der Waals surface area (Å²) in [5.74, 6) is -0.0669. The van der Waals surface area contributed by atoms with Crippen molar-refractivity contribution in [3.05, 3.63) is 22.4 Å². The SMILES string of the molecule is CC1NCCCC1NC(=O)CC(NC(N)=O)c1cccs1.Cl. The number of hydrogen-bond donors (Lipinski definition) is 4. The minimum Gasteiger partial charge on any atom is -0.352 e. The highest BCUT2D eigenvalue weighted by Gasteiger charge is 2.24. The van der Waals surface area contributed by atoms with Crippen LogP contribution in [0.4, 0.5) is 4.79 Å². The van der Waals surface area contributed by atoms with Gasteiger partial charge in [0.1, 0.15) is 0 Å². The van der Waals surface area contributed by atoms with Crippen molar-refractivity contribution >= 4 is 35.7 Å². The van der Waals surface area contributed by atoms with E-state index >= 15 is 0 Å². The van der Waals surface area contributed by atoms with Crippen molar-refractivity contribution in [2.24, 2.45) is 5.73 Å². The van der Waals surface area contributed by atoms with E-state index in [1.807, 2.05) is 17.5 Å². The molecule has 1 aliphatic heterocycles. The van der Waals surface area contributed by atoms with Crippen LogP contribution in [0.1, 0.15) is 37.1 Å². The lowest BCUT2D eigenvalue weighted by Gasteiger charge is -2.31. The van der Waals surface area contributed by atoms with E-state index < -0.39 is 6.03 Å². The van der Waals surface area contributed by atoms with Gasteiger partial charge in [-0.25, -0.2) is 4.79 Å². The summed E-state index contributed by atoms with van der Waals surface area (Å²) in [6.07, 6.45) is 2.24. The molecule has 0 bridgehead atoms. The molecule has 8 heteroatoms. The number of urea groups is 1. The zero-order chi connectivity index (χ0) is 15.2. The van der Waals surface area contributed by atoms with Gasteiger partial charge in [0.2, 0.25) is 5.91 Å². The number of halogens is 1. The van der Waals surface area contributed by atoms with Gasteiger partial charge in [0.25, 0.3) is 0 Å². The molecule has 0 spiro atoms. The maximum Gasteiger partial charge on any atom is 0.312 e. The van der Waals surface area contributed by atoms with E-state index in [-0.39, 0.29) is 42.9 Å². The molecule has 0 aliphatic carbocycles. The maximum atomic E-state index is 12.2. The Balaban J connectivity index is 0.00000242. The molecule has 1 saturated heterocycles. The summed E-state index contributed by atoms with van der Waals surface area (Å²) in [6, 6.07) is 3.21. The fraction of sp³-hybridized carbons (Fsp3) is 0.571. The van der Waals surface area contributed by atoms with E-state index in [4.69, 9.17) is 5.73 Å². The summed E-state index contributed by atoms with van der Waals surface area (Å²) >= 11 is 1.50. The van der Waals surface area contributed by atoms with Crippen molar-refractivity contribution in [3.63, 3.8) is 0 Å². The van der Waals surface area contributed by atoms with E-state index in [1.165, 1.54) is 11.3 Å². The molecular formula is C14H23ClN4O2S. The van der Waals surface area contributed by atoms with Gasteiger partial charge in [-0.1, -0.05) is 6.07 Å². The Morgan fingerprint density at radius 3 is 2.91 bits per heavy atom. The van der Waals surface area contributed by atoms with E-state index in [0.29, 0.717) is 0 Å². The minimum atomic E-state index is -0.617. The number of amides is 3. The topological polar surface area (TPSA) is 96.2 Å². The Morgan fingerprint density at radius 1 is 1.55 bits per heavy atom. The van der Waals surface area contributed by atoms with Gasteiger partial charge in [-0.3, -0.25) is 4.79 Å². The number of nitrogens with two attached hydrogens (primary N) is 1. The van der Waals surface area contributed by atoms with Gasteiger partial charge in [-0.2, -0.15) is 0 Å². The van der Waals surface area contributed by atoms with Crippen molar-refractivity contribution in [2.45, 2.75) is 44.3 Å². The van der Waals surface area contributed by atoms with Crippen molar-refractivity contribution in [2.75, 3.05) is 6.54 Å². The number of carbonyl (C=O) groups excluding carboxylic acids is 2. The quantitative estimate of drug-likeness (QED) is 0.651. The number of nitrogens with one attached hydrogen (secondary N) is 3. The van der Waals surface area contributed by atoms with E-state index in [1.54, 1.807) is 0 Å². The summed E-state index contributed by atoms with van der Waals surface area (Å²) in [6.45, 7) is 3.07. The number of thiophene rings is 1. The second-order valence-electron chi connectivity index (χ2n) is 5.34. The highest BCUT2D eigenvalue weighted by Crippen LogP contribution is 2.22. The van der Waals surface area contributed by atoms with Gasteiger partial charge in [0.15, 0.2) is 0 Å². The molecule has 0 aromatic carbocycles. The number of piperidine rings is 1. The van der Waals surface area contributed by atoms with Gasteiger partial charge < -0.3 is 21.7 Å². The lowest BCUT2D eigenvalue weighted by Crippen LogP contribution is -2.52. The average molecular weight is 347 g/mol. The predicted octanol–water partition coefficient (Wildman–Crippen LogP) is 1.53. The normalized spacial score (nSPS) is 22.2. The van der Waals surface area contributed by atoms with Crippen LogP contribution in [0, 0.1) is 0 Å².